The average molecular weight is 461 g/mol. The molecule has 3 rings (SSSR count). The molecule has 0 saturated heterocycles. The molecule has 0 aromatic heterocycles. The van der Waals surface area contributed by atoms with E-state index in [1.165, 1.54) is 37.5 Å². The second-order valence-electron chi connectivity index (χ2n) is 6.69. The van der Waals surface area contributed by atoms with Gasteiger partial charge < -0.3 is 9.47 Å². The Labute approximate surface area is 194 Å². The first-order valence-electron chi connectivity index (χ1n) is 9.59. The number of halogens is 1. The Bertz CT molecular complexity index is 1290. The number of esters is 1. The van der Waals surface area contributed by atoms with Crippen molar-refractivity contribution in [3.05, 3.63) is 105 Å². The van der Waals surface area contributed by atoms with Gasteiger partial charge >= 0.3 is 5.97 Å². The van der Waals surface area contributed by atoms with E-state index in [2.05, 4.69) is 6.07 Å². The SMILES string of the molecule is COc1cc(/C=C(\C#N)c2ccc(Cl)cc2)ccc1OC(=O)/C=C/c1cccc([N+](=O)[O-])c1. The van der Waals surface area contributed by atoms with Crippen molar-refractivity contribution in [2.24, 2.45) is 0 Å². The maximum Gasteiger partial charge on any atom is 0.336 e. The molecule has 3 aromatic carbocycles. The van der Waals surface area contributed by atoms with Gasteiger partial charge in [-0.2, -0.15) is 5.26 Å². The molecule has 164 valence electrons. The van der Waals surface area contributed by atoms with Crippen LogP contribution in [0.25, 0.3) is 17.7 Å². The van der Waals surface area contributed by atoms with Crippen LogP contribution in [0.5, 0.6) is 11.5 Å². The van der Waals surface area contributed by atoms with E-state index in [0.717, 1.165) is 0 Å². The molecule has 0 N–H and O–H groups in total. The third-order valence-corrected chi connectivity index (χ3v) is 4.73. The Morgan fingerprint density at radius 1 is 1.06 bits per heavy atom. The lowest BCUT2D eigenvalue weighted by Crippen LogP contribution is -2.05. The fourth-order valence-electron chi connectivity index (χ4n) is 2.88. The summed E-state index contributed by atoms with van der Waals surface area (Å²) in [5.41, 5.74) is 2.22. The minimum atomic E-state index is -0.679. The van der Waals surface area contributed by atoms with E-state index in [-0.39, 0.29) is 11.4 Å². The monoisotopic (exact) mass is 460 g/mol. The predicted octanol–water partition coefficient (Wildman–Crippen LogP) is 5.94. The van der Waals surface area contributed by atoms with Gasteiger partial charge in [0, 0.05) is 23.2 Å². The summed E-state index contributed by atoms with van der Waals surface area (Å²) in [4.78, 5) is 22.6. The summed E-state index contributed by atoms with van der Waals surface area (Å²) < 4.78 is 10.7. The van der Waals surface area contributed by atoms with Crippen LogP contribution in [0.3, 0.4) is 0 Å². The van der Waals surface area contributed by atoms with Crippen molar-refractivity contribution in [2.75, 3.05) is 7.11 Å². The number of benzene rings is 3. The van der Waals surface area contributed by atoms with Gasteiger partial charge in [-0.25, -0.2) is 4.79 Å². The topological polar surface area (TPSA) is 102 Å². The molecule has 0 radical (unpaired) electrons. The molecule has 0 atom stereocenters. The number of nitro benzene ring substituents is 1. The normalized spacial score (nSPS) is 11.1. The van der Waals surface area contributed by atoms with E-state index >= 15 is 0 Å². The first-order chi connectivity index (χ1) is 15.9. The number of carbonyl (C=O) groups excluding carboxylic acids is 1. The smallest absolute Gasteiger partial charge is 0.336 e. The zero-order chi connectivity index (χ0) is 23.8. The molecular formula is C25H17ClN2O5. The summed E-state index contributed by atoms with van der Waals surface area (Å²) in [5, 5.41) is 20.9. The highest BCUT2D eigenvalue weighted by Crippen LogP contribution is 2.30. The number of ether oxygens (including phenoxy) is 2. The maximum atomic E-state index is 12.2. The number of allylic oxidation sites excluding steroid dienone is 1. The van der Waals surface area contributed by atoms with Crippen LogP contribution in [-0.4, -0.2) is 18.0 Å². The Balaban J connectivity index is 1.77. The van der Waals surface area contributed by atoms with Crippen molar-refractivity contribution in [3.63, 3.8) is 0 Å². The quantitative estimate of drug-likeness (QED) is 0.0822. The van der Waals surface area contributed by atoms with E-state index in [1.54, 1.807) is 54.6 Å². The maximum absolute atomic E-state index is 12.2. The number of carbonyl (C=O) groups is 1. The number of rotatable bonds is 7. The van der Waals surface area contributed by atoms with E-state index in [9.17, 15) is 20.2 Å². The highest BCUT2D eigenvalue weighted by atomic mass is 35.5. The van der Waals surface area contributed by atoms with Gasteiger partial charge in [0.1, 0.15) is 0 Å². The fourth-order valence-corrected chi connectivity index (χ4v) is 3.01. The van der Waals surface area contributed by atoms with Gasteiger partial charge in [0.05, 0.1) is 23.7 Å². The molecule has 0 heterocycles. The van der Waals surface area contributed by atoms with Crippen molar-refractivity contribution >= 4 is 41.0 Å². The van der Waals surface area contributed by atoms with Crippen LogP contribution in [0, 0.1) is 21.4 Å². The molecule has 0 fully saturated rings. The molecular weight excluding hydrogens is 444 g/mol. The van der Waals surface area contributed by atoms with Crippen LogP contribution in [0.4, 0.5) is 5.69 Å². The second-order valence-corrected chi connectivity index (χ2v) is 7.13. The van der Waals surface area contributed by atoms with Gasteiger partial charge in [-0.15, -0.1) is 0 Å². The molecule has 0 unspecified atom stereocenters. The second kappa shape index (κ2) is 10.8. The lowest BCUT2D eigenvalue weighted by Gasteiger charge is -2.09. The average Bonchev–Trinajstić information content (AvgIpc) is 2.82. The molecule has 0 aliphatic heterocycles. The zero-order valence-electron chi connectivity index (χ0n) is 17.4. The van der Waals surface area contributed by atoms with Crippen molar-refractivity contribution < 1.29 is 19.2 Å². The third-order valence-electron chi connectivity index (χ3n) is 4.48. The zero-order valence-corrected chi connectivity index (χ0v) is 18.2. The van der Waals surface area contributed by atoms with Gasteiger partial charge in [-0.3, -0.25) is 10.1 Å². The van der Waals surface area contributed by atoms with Crippen molar-refractivity contribution in [2.45, 2.75) is 0 Å². The molecule has 0 bridgehead atoms. The van der Waals surface area contributed by atoms with E-state index in [1.807, 2.05) is 0 Å². The lowest BCUT2D eigenvalue weighted by molar-refractivity contribution is -0.384. The summed E-state index contributed by atoms with van der Waals surface area (Å²) in [6.45, 7) is 0. The van der Waals surface area contributed by atoms with Crippen LogP contribution in [0.2, 0.25) is 5.02 Å². The number of methoxy groups -OCH3 is 1. The van der Waals surface area contributed by atoms with E-state index in [4.69, 9.17) is 21.1 Å². The van der Waals surface area contributed by atoms with Gasteiger partial charge in [-0.1, -0.05) is 41.9 Å². The molecule has 3 aromatic rings. The molecule has 7 nitrogen and oxygen atoms in total. The van der Waals surface area contributed by atoms with E-state index < -0.39 is 10.9 Å². The van der Waals surface area contributed by atoms with Gasteiger partial charge in [0.2, 0.25) is 0 Å². The van der Waals surface area contributed by atoms with Crippen LogP contribution >= 0.6 is 11.6 Å². The summed E-state index contributed by atoms with van der Waals surface area (Å²) in [7, 11) is 1.43. The highest BCUT2D eigenvalue weighted by Gasteiger charge is 2.10. The van der Waals surface area contributed by atoms with Gasteiger partial charge in [-0.05, 0) is 53.1 Å². The summed E-state index contributed by atoms with van der Waals surface area (Å²) >= 11 is 5.90. The molecule has 8 heteroatoms. The Morgan fingerprint density at radius 2 is 1.82 bits per heavy atom. The molecule has 0 amide bonds. The molecule has 0 aliphatic carbocycles. The third kappa shape index (κ3) is 6.29. The molecule has 0 spiro atoms. The number of hydrogen-bond donors (Lipinski definition) is 0. The standard InChI is InChI=1S/C25H17ClN2O5/c1-32-24-15-18(13-20(16-27)19-7-9-21(26)10-8-19)5-11-23(24)33-25(29)12-6-17-3-2-4-22(14-17)28(30)31/h2-15H,1H3/b12-6+,20-13+. The predicted molar refractivity (Wildman–Crippen MR) is 126 cm³/mol. The van der Waals surface area contributed by atoms with E-state index in [0.29, 0.717) is 33.0 Å². The Morgan fingerprint density at radius 3 is 2.48 bits per heavy atom. The summed E-state index contributed by atoms with van der Waals surface area (Å²) in [5.74, 6) is -0.190. The first kappa shape index (κ1) is 23.3. The van der Waals surface area contributed by atoms with Crippen molar-refractivity contribution in [3.8, 4) is 17.6 Å². The first-order valence-corrected chi connectivity index (χ1v) is 9.97. The molecule has 33 heavy (non-hydrogen) atoms. The summed E-state index contributed by atoms with van der Waals surface area (Å²) in [6.07, 6.45) is 4.27. The number of hydrogen-bond acceptors (Lipinski definition) is 6. The van der Waals surface area contributed by atoms with Crippen molar-refractivity contribution in [1.29, 1.82) is 5.26 Å². The highest BCUT2D eigenvalue weighted by molar-refractivity contribution is 6.30. The van der Waals surface area contributed by atoms with Gasteiger partial charge in [0.15, 0.2) is 11.5 Å². The molecule has 0 saturated carbocycles. The minimum Gasteiger partial charge on any atom is -0.493 e. The van der Waals surface area contributed by atoms with Crippen molar-refractivity contribution in [1.82, 2.24) is 0 Å². The lowest BCUT2D eigenvalue weighted by atomic mass is 10.0. The Kier molecular flexibility index (Phi) is 7.58. The number of nitrogens with zero attached hydrogens (tertiary/aromatic N) is 2. The summed E-state index contributed by atoms with van der Waals surface area (Å²) in [6, 6.07) is 19.8. The molecule has 0 aliphatic rings. The minimum absolute atomic E-state index is 0.0776. The number of non-ortho nitro benzene ring substituents is 1. The van der Waals surface area contributed by atoms with Crippen LogP contribution in [0.1, 0.15) is 16.7 Å². The number of nitriles is 1. The van der Waals surface area contributed by atoms with Crippen LogP contribution in [-0.2, 0) is 4.79 Å². The largest absolute Gasteiger partial charge is 0.493 e. The Hall–Kier alpha value is -4.41. The van der Waals surface area contributed by atoms with Gasteiger partial charge in [0.25, 0.3) is 5.69 Å². The van der Waals surface area contributed by atoms with Crippen LogP contribution in [0.15, 0.2) is 72.8 Å². The fraction of sp³-hybridized carbons (Fsp3) is 0.0400. The number of nitro groups is 1. The van der Waals surface area contributed by atoms with Crippen LogP contribution < -0.4 is 9.47 Å².